The molecule has 4 rings (SSSR count). The van der Waals surface area contributed by atoms with Crippen molar-refractivity contribution in [2.45, 2.75) is 65.3 Å². The Morgan fingerprint density at radius 3 is 2.45 bits per heavy atom. The number of aryl methyl sites for hydroxylation is 2. The molecule has 212 valence electrons. The molecule has 3 heterocycles. The van der Waals surface area contributed by atoms with E-state index in [1.54, 1.807) is 24.7 Å². The SMILES string of the molecule is Cc1cccc(C)c1-c1cncc([C@H](CC(=O)O)NC(=O)C(CC(C)C)n2cc(CN3CC(F)C3)ccc2=O)c1. The number of rotatable bonds is 11. The first kappa shape index (κ1) is 29.1. The third-order valence-corrected chi connectivity index (χ3v) is 7.28. The van der Waals surface area contributed by atoms with Gasteiger partial charge in [-0.1, -0.05) is 38.1 Å². The van der Waals surface area contributed by atoms with E-state index in [4.69, 9.17) is 0 Å². The van der Waals surface area contributed by atoms with Gasteiger partial charge >= 0.3 is 5.97 Å². The fraction of sp³-hybridized carbons (Fsp3) is 0.419. The molecule has 2 N–H and O–H groups in total. The number of carboxylic acid groups (broad SMARTS) is 1. The fourth-order valence-electron chi connectivity index (χ4n) is 5.32. The topological polar surface area (TPSA) is 105 Å². The van der Waals surface area contributed by atoms with Gasteiger partial charge < -0.3 is 15.0 Å². The maximum Gasteiger partial charge on any atom is 0.305 e. The lowest BCUT2D eigenvalue weighted by molar-refractivity contribution is -0.138. The van der Waals surface area contributed by atoms with Crippen molar-refractivity contribution in [3.8, 4) is 11.1 Å². The number of nitrogens with zero attached hydrogens (tertiary/aromatic N) is 3. The average molecular weight is 549 g/mol. The van der Waals surface area contributed by atoms with Crippen LogP contribution in [-0.2, 0) is 16.1 Å². The highest BCUT2D eigenvalue weighted by atomic mass is 19.1. The second kappa shape index (κ2) is 12.6. The lowest BCUT2D eigenvalue weighted by atomic mass is 9.94. The van der Waals surface area contributed by atoms with Gasteiger partial charge in [-0.3, -0.25) is 24.3 Å². The van der Waals surface area contributed by atoms with Crippen molar-refractivity contribution in [3.05, 3.63) is 87.6 Å². The van der Waals surface area contributed by atoms with E-state index in [1.165, 1.54) is 10.6 Å². The largest absolute Gasteiger partial charge is 0.481 e. The van der Waals surface area contributed by atoms with Gasteiger partial charge in [0, 0.05) is 49.9 Å². The number of carbonyl (C=O) groups is 2. The van der Waals surface area contributed by atoms with Crippen molar-refractivity contribution >= 4 is 11.9 Å². The molecule has 0 aliphatic carbocycles. The van der Waals surface area contributed by atoms with Crippen molar-refractivity contribution in [1.29, 1.82) is 0 Å². The van der Waals surface area contributed by atoms with Crippen LogP contribution >= 0.6 is 0 Å². The maximum atomic E-state index is 13.8. The summed E-state index contributed by atoms with van der Waals surface area (Å²) in [6.07, 6.45) is 4.17. The van der Waals surface area contributed by atoms with Crippen LogP contribution in [0, 0.1) is 19.8 Å². The molecular formula is C31H37FN4O4. The quantitative estimate of drug-likeness (QED) is 0.363. The molecule has 1 aliphatic heterocycles. The maximum absolute atomic E-state index is 13.8. The summed E-state index contributed by atoms with van der Waals surface area (Å²) in [4.78, 5) is 44.8. The number of alkyl halides is 1. The van der Waals surface area contributed by atoms with Gasteiger partial charge in [-0.15, -0.1) is 0 Å². The Bertz CT molecular complexity index is 1410. The van der Waals surface area contributed by atoms with Crippen LogP contribution in [0.15, 0.2) is 59.8 Å². The van der Waals surface area contributed by atoms with Crippen molar-refractivity contribution in [2.75, 3.05) is 13.1 Å². The molecule has 2 atom stereocenters. The minimum Gasteiger partial charge on any atom is -0.481 e. The van der Waals surface area contributed by atoms with Gasteiger partial charge in [-0.2, -0.15) is 0 Å². The number of hydrogen-bond donors (Lipinski definition) is 2. The molecule has 3 aromatic rings. The first-order valence-corrected chi connectivity index (χ1v) is 13.6. The lowest BCUT2D eigenvalue weighted by Gasteiger charge is -2.34. The van der Waals surface area contributed by atoms with E-state index in [0.717, 1.165) is 27.8 Å². The van der Waals surface area contributed by atoms with Gasteiger partial charge in [0.1, 0.15) is 12.2 Å². The number of carboxylic acids is 1. The van der Waals surface area contributed by atoms with Crippen molar-refractivity contribution in [2.24, 2.45) is 5.92 Å². The van der Waals surface area contributed by atoms with Crippen LogP contribution in [-0.4, -0.2) is 50.7 Å². The number of hydrogen-bond acceptors (Lipinski definition) is 5. The zero-order valence-corrected chi connectivity index (χ0v) is 23.4. The smallest absolute Gasteiger partial charge is 0.305 e. The standard InChI is InChI=1S/C31H37FN4O4/c1-19(2)10-27(36-16-22(8-9-28(36)37)15-35-17-25(32)18-35)31(40)34-26(12-29(38)39)23-11-24(14-33-13-23)30-20(3)6-5-7-21(30)4/h5-9,11,13-14,16,19,25-27H,10,12,15,17-18H2,1-4H3,(H,34,40)(H,38,39)/t26-,27?/m0/s1. The fourth-order valence-corrected chi connectivity index (χ4v) is 5.32. The Labute approximate surface area is 233 Å². The number of likely N-dealkylation sites (tertiary alicyclic amines) is 1. The van der Waals surface area contributed by atoms with Gasteiger partial charge in [0.2, 0.25) is 5.91 Å². The minimum absolute atomic E-state index is 0.0842. The van der Waals surface area contributed by atoms with Gasteiger partial charge in [-0.05, 0) is 60.1 Å². The monoisotopic (exact) mass is 548 g/mol. The number of carbonyl (C=O) groups excluding carboxylic acids is 1. The van der Waals surface area contributed by atoms with Gasteiger partial charge in [0.05, 0.1) is 12.5 Å². The van der Waals surface area contributed by atoms with Gasteiger partial charge in [-0.25, -0.2) is 4.39 Å². The third-order valence-electron chi connectivity index (χ3n) is 7.28. The van der Waals surface area contributed by atoms with Crippen LogP contribution in [0.2, 0.25) is 0 Å². The number of pyridine rings is 2. The summed E-state index contributed by atoms with van der Waals surface area (Å²) in [5.74, 6) is -1.42. The lowest BCUT2D eigenvalue weighted by Crippen LogP contribution is -2.47. The van der Waals surface area contributed by atoms with E-state index in [9.17, 15) is 23.9 Å². The summed E-state index contributed by atoms with van der Waals surface area (Å²) >= 11 is 0. The van der Waals surface area contributed by atoms with E-state index in [-0.39, 0.29) is 17.9 Å². The van der Waals surface area contributed by atoms with Crippen molar-refractivity contribution in [3.63, 3.8) is 0 Å². The van der Waals surface area contributed by atoms with Crippen molar-refractivity contribution < 1.29 is 19.1 Å². The Morgan fingerprint density at radius 2 is 1.82 bits per heavy atom. The Hall–Kier alpha value is -3.85. The van der Waals surface area contributed by atoms with E-state index in [2.05, 4.69) is 10.3 Å². The molecule has 2 aromatic heterocycles. The third kappa shape index (κ3) is 7.01. The molecule has 1 saturated heterocycles. The van der Waals surface area contributed by atoms with Gasteiger partial charge in [0.15, 0.2) is 0 Å². The Kier molecular flexibility index (Phi) is 9.14. The molecule has 1 aromatic carbocycles. The number of aromatic nitrogens is 2. The summed E-state index contributed by atoms with van der Waals surface area (Å²) in [5.41, 5.74) is 5.02. The second-order valence-electron chi connectivity index (χ2n) is 11.2. The molecule has 0 radical (unpaired) electrons. The highest BCUT2D eigenvalue weighted by Crippen LogP contribution is 2.30. The molecule has 1 fully saturated rings. The zero-order valence-electron chi connectivity index (χ0n) is 23.4. The average Bonchev–Trinajstić information content (AvgIpc) is 2.87. The second-order valence-corrected chi connectivity index (χ2v) is 11.2. The highest BCUT2D eigenvalue weighted by molar-refractivity contribution is 5.82. The van der Waals surface area contributed by atoms with Crippen LogP contribution in [0.4, 0.5) is 4.39 Å². The molecule has 1 unspecified atom stereocenters. The summed E-state index contributed by atoms with van der Waals surface area (Å²) in [7, 11) is 0. The molecule has 40 heavy (non-hydrogen) atoms. The first-order valence-electron chi connectivity index (χ1n) is 13.6. The summed E-state index contributed by atoms with van der Waals surface area (Å²) in [5, 5.41) is 12.6. The number of halogens is 1. The summed E-state index contributed by atoms with van der Waals surface area (Å²) < 4.78 is 14.7. The van der Waals surface area contributed by atoms with Crippen LogP contribution in [0.5, 0.6) is 0 Å². The molecule has 8 nitrogen and oxygen atoms in total. The predicted octanol–water partition coefficient (Wildman–Crippen LogP) is 4.60. The Morgan fingerprint density at radius 1 is 1.12 bits per heavy atom. The summed E-state index contributed by atoms with van der Waals surface area (Å²) in [6.45, 7) is 9.11. The van der Waals surface area contributed by atoms with E-state index in [1.807, 2.05) is 56.9 Å². The summed E-state index contributed by atoms with van der Waals surface area (Å²) in [6, 6.07) is 9.29. The van der Waals surface area contributed by atoms with E-state index in [0.29, 0.717) is 31.6 Å². The zero-order chi connectivity index (χ0) is 29.0. The van der Waals surface area contributed by atoms with Crippen LogP contribution in [0.25, 0.3) is 11.1 Å². The van der Waals surface area contributed by atoms with Crippen LogP contribution < -0.4 is 10.9 Å². The van der Waals surface area contributed by atoms with Gasteiger partial charge in [0.25, 0.3) is 5.56 Å². The molecule has 1 aliphatic rings. The van der Waals surface area contributed by atoms with E-state index < -0.39 is 30.1 Å². The predicted molar refractivity (Wildman–Crippen MR) is 152 cm³/mol. The first-order chi connectivity index (χ1) is 19.0. The van der Waals surface area contributed by atoms with E-state index >= 15 is 0 Å². The normalized spacial score (nSPS) is 15.4. The van der Waals surface area contributed by atoms with Crippen molar-refractivity contribution in [1.82, 2.24) is 19.8 Å². The molecule has 0 saturated carbocycles. The number of aliphatic carboxylic acids is 1. The molecular weight excluding hydrogens is 511 g/mol. The molecule has 1 amide bonds. The molecule has 0 bridgehead atoms. The van der Waals surface area contributed by atoms with Crippen LogP contribution in [0.3, 0.4) is 0 Å². The number of amides is 1. The highest BCUT2D eigenvalue weighted by Gasteiger charge is 2.29. The Balaban J connectivity index is 1.64. The molecule has 9 heteroatoms. The van der Waals surface area contributed by atoms with Crippen LogP contribution in [0.1, 0.15) is 61.0 Å². The number of benzene rings is 1. The number of nitrogens with one attached hydrogen (secondary N) is 1. The molecule has 0 spiro atoms. The minimum atomic E-state index is -1.07.